The number of rotatable bonds is 4. The van der Waals surface area contributed by atoms with E-state index in [0.717, 1.165) is 36.0 Å². The van der Waals surface area contributed by atoms with Crippen molar-refractivity contribution in [1.82, 2.24) is 10.2 Å². The van der Waals surface area contributed by atoms with E-state index in [2.05, 4.69) is 26.1 Å². The second-order valence-electron chi connectivity index (χ2n) is 5.13. The molecule has 0 atom stereocenters. The molecule has 1 saturated heterocycles. The van der Waals surface area contributed by atoms with Gasteiger partial charge in [0.15, 0.2) is 0 Å². The van der Waals surface area contributed by atoms with Crippen LogP contribution < -0.4 is 11.1 Å². The minimum Gasteiger partial charge on any atom is -0.351 e. The van der Waals surface area contributed by atoms with Crippen molar-refractivity contribution in [3.63, 3.8) is 0 Å². The molecular weight excluding hydrogens is 325 g/mol. The number of carbonyl (C=O) groups excluding carboxylic acids is 1. The molecule has 3 N–H and O–H groups in total. The van der Waals surface area contributed by atoms with Gasteiger partial charge in [0.2, 0.25) is 5.91 Å². The van der Waals surface area contributed by atoms with Gasteiger partial charge in [-0.15, -0.1) is 0 Å². The molecule has 6 heteroatoms. The van der Waals surface area contributed by atoms with Crippen LogP contribution in [0.2, 0.25) is 0 Å². The molecule has 110 valence electrons. The van der Waals surface area contributed by atoms with Gasteiger partial charge in [-0.3, -0.25) is 9.69 Å². The number of hydrogen-bond acceptors (Lipinski definition) is 3. The van der Waals surface area contributed by atoms with Crippen LogP contribution in [0.1, 0.15) is 18.4 Å². The Labute approximate surface area is 126 Å². The normalized spacial score (nSPS) is 17.1. The summed E-state index contributed by atoms with van der Waals surface area (Å²) in [6.07, 6.45) is 1.87. The van der Waals surface area contributed by atoms with E-state index in [4.69, 9.17) is 5.73 Å². The van der Waals surface area contributed by atoms with E-state index in [1.807, 2.05) is 0 Å². The number of hydrogen-bond donors (Lipinski definition) is 2. The number of piperidine rings is 1. The summed E-state index contributed by atoms with van der Waals surface area (Å²) >= 11 is 3.34. The molecule has 1 heterocycles. The first-order valence-electron chi connectivity index (χ1n) is 6.73. The van der Waals surface area contributed by atoms with Crippen LogP contribution >= 0.6 is 15.9 Å². The fourth-order valence-electron chi connectivity index (χ4n) is 2.24. The summed E-state index contributed by atoms with van der Waals surface area (Å²) in [5.41, 5.74) is 6.56. The van der Waals surface area contributed by atoms with Gasteiger partial charge in [-0.25, -0.2) is 4.39 Å². The predicted octanol–water partition coefficient (Wildman–Crippen LogP) is 1.63. The van der Waals surface area contributed by atoms with Crippen molar-refractivity contribution in [2.24, 2.45) is 5.73 Å². The highest BCUT2D eigenvalue weighted by Crippen LogP contribution is 2.17. The molecule has 0 aliphatic carbocycles. The molecule has 1 fully saturated rings. The number of nitrogens with one attached hydrogen (secondary N) is 1. The van der Waals surface area contributed by atoms with E-state index in [9.17, 15) is 9.18 Å². The van der Waals surface area contributed by atoms with Gasteiger partial charge in [0.05, 0.1) is 6.54 Å². The Kier molecular flexibility index (Phi) is 5.51. The van der Waals surface area contributed by atoms with E-state index < -0.39 is 0 Å². The van der Waals surface area contributed by atoms with Crippen molar-refractivity contribution < 1.29 is 9.18 Å². The van der Waals surface area contributed by atoms with Gasteiger partial charge in [-0.2, -0.15) is 0 Å². The molecular formula is C14H19BrFN3O. The molecule has 2 rings (SSSR count). The van der Waals surface area contributed by atoms with Crippen LogP contribution in [0, 0.1) is 5.82 Å². The lowest BCUT2D eigenvalue weighted by Crippen LogP contribution is -2.44. The molecule has 20 heavy (non-hydrogen) atoms. The lowest BCUT2D eigenvalue weighted by Gasteiger charge is -2.29. The topological polar surface area (TPSA) is 58.4 Å². The first-order chi connectivity index (χ1) is 9.54. The number of nitrogens with two attached hydrogens (primary N) is 1. The van der Waals surface area contributed by atoms with E-state index in [1.165, 1.54) is 12.1 Å². The van der Waals surface area contributed by atoms with Crippen LogP contribution in [0.5, 0.6) is 0 Å². The van der Waals surface area contributed by atoms with Crippen molar-refractivity contribution in [2.75, 3.05) is 19.6 Å². The van der Waals surface area contributed by atoms with Crippen molar-refractivity contribution in [3.8, 4) is 0 Å². The second kappa shape index (κ2) is 7.15. The molecule has 1 aliphatic rings. The molecule has 0 radical (unpaired) electrons. The molecule has 0 bridgehead atoms. The zero-order valence-electron chi connectivity index (χ0n) is 11.2. The lowest BCUT2D eigenvalue weighted by atomic mass is 10.1. The van der Waals surface area contributed by atoms with Crippen molar-refractivity contribution >= 4 is 21.8 Å². The third-order valence-electron chi connectivity index (χ3n) is 3.48. The smallest absolute Gasteiger partial charge is 0.234 e. The summed E-state index contributed by atoms with van der Waals surface area (Å²) in [6, 6.07) is 4.71. The predicted molar refractivity (Wildman–Crippen MR) is 79.6 cm³/mol. The summed E-state index contributed by atoms with van der Waals surface area (Å²) in [6.45, 7) is 2.42. The van der Waals surface area contributed by atoms with Gasteiger partial charge in [0.25, 0.3) is 0 Å². The molecule has 1 amide bonds. The van der Waals surface area contributed by atoms with Gasteiger partial charge >= 0.3 is 0 Å². The van der Waals surface area contributed by atoms with E-state index >= 15 is 0 Å². The number of halogens is 2. The Morgan fingerprint density at radius 3 is 2.85 bits per heavy atom. The first-order valence-corrected chi connectivity index (χ1v) is 7.52. The number of likely N-dealkylation sites (tertiary alicyclic amines) is 1. The SMILES string of the molecule is NC1CCN(CC(=O)NCc2cc(F)ccc2Br)CC1. The minimum absolute atomic E-state index is 0.0448. The van der Waals surface area contributed by atoms with Crippen LogP contribution in [0.25, 0.3) is 0 Å². The quantitative estimate of drug-likeness (QED) is 0.873. The third kappa shape index (κ3) is 4.54. The highest BCUT2D eigenvalue weighted by Gasteiger charge is 2.18. The van der Waals surface area contributed by atoms with Crippen molar-refractivity contribution in [3.05, 3.63) is 34.1 Å². The number of carbonyl (C=O) groups is 1. The van der Waals surface area contributed by atoms with Crippen LogP contribution in [0.4, 0.5) is 4.39 Å². The molecule has 1 aromatic carbocycles. The monoisotopic (exact) mass is 343 g/mol. The summed E-state index contributed by atoms with van der Waals surface area (Å²) in [5.74, 6) is -0.348. The van der Waals surface area contributed by atoms with Crippen LogP contribution in [0.15, 0.2) is 22.7 Å². The Bertz CT molecular complexity index is 475. The summed E-state index contributed by atoms with van der Waals surface area (Å²) in [5, 5.41) is 2.82. The fraction of sp³-hybridized carbons (Fsp3) is 0.500. The Morgan fingerprint density at radius 2 is 2.15 bits per heavy atom. The highest BCUT2D eigenvalue weighted by molar-refractivity contribution is 9.10. The largest absolute Gasteiger partial charge is 0.351 e. The van der Waals surface area contributed by atoms with Gasteiger partial charge in [0, 0.05) is 30.1 Å². The van der Waals surface area contributed by atoms with Crippen molar-refractivity contribution in [1.29, 1.82) is 0 Å². The Balaban J connectivity index is 1.79. The molecule has 4 nitrogen and oxygen atoms in total. The van der Waals surface area contributed by atoms with E-state index in [-0.39, 0.29) is 17.8 Å². The maximum Gasteiger partial charge on any atom is 0.234 e. The Hall–Kier alpha value is -0.980. The zero-order valence-corrected chi connectivity index (χ0v) is 12.8. The van der Waals surface area contributed by atoms with Gasteiger partial charge < -0.3 is 11.1 Å². The molecule has 0 unspecified atom stereocenters. The highest BCUT2D eigenvalue weighted by atomic mass is 79.9. The average molecular weight is 344 g/mol. The van der Waals surface area contributed by atoms with E-state index in [1.54, 1.807) is 6.07 Å². The standard InChI is InChI=1S/C14H19BrFN3O/c15-13-2-1-11(16)7-10(13)8-18-14(20)9-19-5-3-12(17)4-6-19/h1-2,7,12H,3-6,8-9,17H2,(H,18,20). The second-order valence-corrected chi connectivity index (χ2v) is 5.98. The Morgan fingerprint density at radius 1 is 1.45 bits per heavy atom. The number of nitrogens with zero attached hydrogens (tertiary/aromatic N) is 1. The summed E-state index contributed by atoms with van der Waals surface area (Å²) in [4.78, 5) is 14.0. The first kappa shape index (κ1) is 15.4. The molecule has 1 aromatic rings. The summed E-state index contributed by atoms with van der Waals surface area (Å²) in [7, 11) is 0. The zero-order chi connectivity index (χ0) is 14.5. The van der Waals surface area contributed by atoms with E-state index in [0.29, 0.717) is 13.1 Å². The molecule has 0 spiro atoms. The maximum absolute atomic E-state index is 13.1. The van der Waals surface area contributed by atoms with Gasteiger partial charge in [-0.05, 0) is 36.6 Å². The third-order valence-corrected chi connectivity index (χ3v) is 4.26. The molecule has 0 saturated carbocycles. The fourth-order valence-corrected chi connectivity index (χ4v) is 2.63. The number of benzene rings is 1. The number of amides is 1. The summed E-state index contributed by atoms with van der Waals surface area (Å²) < 4.78 is 13.9. The minimum atomic E-state index is -0.303. The average Bonchev–Trinajstić information content (AvgIpc) is 2.42. The molecule has 1 aliphatic heterocycles. The van der Waals surface area contributed by atoms with Crippen molar-refractivity contribution in [2.45, 2.75) is 25.4 Å². The van der Waals surface area contributed by atoms with Gasteiger partial charge in [-0.1, -0.05) is 15.9 Å². The maximum atomic E-state index is 13.1. The van der Waals surface area contributed by atoms with Crippen LogP contribution in [-0.4, -0.2) is 36.5 Å². The van der Waals surface area contributed by atoms with Crippen LogP contribution in [-0.2, 0) is 11.3 Å². The molecule has 0 aromatic heterocycles. The lowest BCUT2D eigenvalue weighted by molar-refractivity contribution is -0.122. The van der Waals surface area contributed by atoms with Crippen LogP contribution in [0.3, 0.4) is 0 Å². The van der Waals surface area contributed by atoms with Gasteiger partial charge in [0.1, 0.15) is 5.82 Å².